The number of ether oxygens (including phenoxy) is 1. The first-order valence-electron chi connectivity index (χ1n) is 4.69. The fourth-order valence-electron chi connectivity index (χ4n) is 1.39. The number of hydrogen-bond acceptors (Lipinski definition) is 3. The van der Waals surface area contributed by atoms with Crippen molar-refractivity contribution in [1.29, 1.82) is 0 Å². The Morgan fingerprint density at radius 2 is 1.82 bits per heavy atom. The summed E-state index contributed by atoms with van der Waals surface area (Å²) >= 11 is 0. The van der Waals surface area contributed by atoms with Gasteiger partial charge in [0.2, 0.25) is 0 Å². The Bertz CT molecular complexity index is 508. The number of hydrogen-bond donors (Lipinski definition) is 0. The molecule has 1 aromatic carbocycles. The fourth-order valence-corrected chi connectivity index (χ4v) is 1.39. The van der Waals surface area contributed by atoms with Crippen LogP contribution >= 0.6 is 0 Å². The third-order valence-electron chi connectivity index (χ3n) is 2.04. The lowest BCUT2D eigenvalue weighted by Gasteiger charge is -2.11. The molecule has 7 heteroatoms. The average molecular weight is 243 g/mol. The van der Waals surface area contributed by atoms with Gasteiger partial charge in [0.1, 0.15) is 5.75 Å². The van der Waals surface area contributed by atoms with Crippen LogP contribution in [0.3, 0.4) is 0 Å². The van der Waals surface area contributed by atoms with E-state index in [1.54, 1.807) is 6.92 Å². The molecule has 2 aromatic rings. The number of nitrogens with zero attached hydrogens (tertiary/aromatic N) is 3. The summed E-state index contributed by atoms with van der Waals surface area (Å²) in [5.74, 6) is -0.258. The predicted molar refractivity (Wildman–Crippen MR) is 52.8 cm³/mol. The van der Waals surface area contributed by atoms with Crippen LogP contribution in [-0.2, 0) is 0 Å². The van der Waals surface area contributed by atoms with Gasteiger partial charge < -0.3 is 4.74 Å². The Morgan fingerprint density at radius 1 is 1.18 bits per heavy atom. The molecule has 90 valence electrons. The van der Waals surface area contributed by atoms with Crippen LogP contribution in [-0.4, -0.2) is 21.4 Å². The molecule has 1 aromatic heterocycles. The highest BCUT2D eigenvalue weighted by molar-refractivity contribution is 5.43. The number of halogens is 3. The SMILES string of the molecule is Cc1cc(OC(F)(F)F)ccc1-n1nccn1. The van der Waals surface area contributed by atoms with Crippen LogP contribution in [0.15, 0.2) is 30.6 Å². The number of rotatable bonds is 2. The average Bonchev–Trinajstić information content (AvgIpc) is 2.68. The molecule has 0 unspecified atom stereocenters. The third-order valence-corrected chi connectivity index (χ3v) is 2.04. The van der Waals surface area contributed by atoms with Crippen molar-refractivity contribution < 1.29 is 17.9 Å². The summed E-state index contributed by atoms with van der Waals surface area (Å²) in [6.07, 6.45) is -1.71. The Hall–Kier alpha value is -2.05. The molecule has 0 radical (unpaired) electrons. The molecule has 0 bridgehead atoms. The Kier molecular flexibility index (Phi) is 2.74. The van der Waals surface area contributed by atoms with Gasteiger partial charge in [0.25, 0.3) is 0 Å². The minimum Gasteiger partial charge on any atom is -0.406 e. The molecule has 0 fully saturated rings. The molecule has 0 spiro atoms. The van der Waals surface area contributed by atoms with Gasteiger partial charge in [-0.1, -0.05) is 0 Å². The smallest absolute Gasteiger partial charge is 0.406 e. The molecule has 0 aliphatic carbocycles. The molecule has 0 aliphatic rings. The summed E-state index contributed by atoms with van der Waals surface area (Å²) in [4.78, 5) is 1.33. The second-order valence-corrected chi connectivity index (χ2v) is 3.31. The summed E-state index contributed by atoms with van der Waals surface area (Å²) in [6.45, 7) is 1.65. The van der Waals surface area contributed by atoms with Crippen LogP contribution in [0.4, 0.5) is 13.2 Å². The molecule has 0 amide bonds. The first-order chi connectivity index (χ1) is 7.96. The van der Waals surface area contributed by atoms with Crippen molar-refractivity contribution in [2.24, 2.45) is 0 Å². The summed E-state index contributed by atoms with van der Waals surface area (Å²) in [6, 6.07) is 3.97. The Morgan fingerprint density at radius 3 is 2.35 bits per heavy atom. The summed E-state index contributed by atoms with van der Waals surface area (Å²) < 4.78 is 39.8. The van der Waals surface area contributed by atoms with Crippen LogP contribution in [0.5, 0.6) is 5.75 Å². The molecule has 0 N–H and O–H groups in total. The maximum absolute atomic E-state index is 12.0. The van der Waals surface area contributed by atoms with Crippen molar-refractivity contribution in [3.05, 3.63) is 36.2 Å². The van der Waals surface area contributed by atoms with E-state index in [0.717, 1.165) is 0 Å². The van der Waals surface area contributed by atoms with Crippen LogP contribution in [0, 0.1) is 6.92 Å². The summed E-state index contributed by atoms with van der Waals surface area (Å²) in [5, 5.41) is 7.79. The van der Waals surface area contributed by atoms with Crippen molar-refractivity contribution in [2.75, 3.05) is 0 Å². The molecule has 2 rings (SSSR count). The second-order valence-electron chi connectivity index (χ2n) is 3.31. The zero-order chi connectivity index (χ0) is 12.5. The highest BCUT2D eigenvalue weighted by atomic mass is 19.4. The molecule has 0 atom stereocenters. The topological polar surface area (TPSA) is 39.9 Å². The predicted octanol–water partition coefficient (Wildman–Crippen LogP) is 2.47. The largest absolute Gasteiger partial charge is 0.573 e. The van der Waals surface area contributed by atoms with E-state index < -0.39 is 6.36 Å². The first kappa shape index (κ1) is 11.4. The lowest BCUT2D eigenvalue weighted by atomic mass is 10.2. The van der Waals surface area contributed by atoms with Gasteiger partial charge in [-0.15, -0.1) is 13.2 Å². The number of benzene rings is 1. The van der Waals surface area contributed by atoms with Crippen LogP contribution in [0.2, 0.25) is 0 Å². The lowest BCUT2D eigenvalue weighted by molar-refractivity contribution is -0.274. The molecule has 17 heavy (non-hydrogen) atoms. The van der Waals surface area contributed by atoms with Gasteiger partial charge in [-0.25, -0.2) is 0 Å². The number of aryl methyl sites for hydroxylation is 1. The standard InChI is InChI=1S/C10H8F3N3O/c1-7-6-8(17-10(11,12)13)2-3-9(7)16-14-4-5-15-16/h2-6H,1H3. The van der Waals surface area contributed by atoms with Gasteiger partial charge in [0.15, 0.2) is 0 Å². The molecular formula is C10H8F3N3O. The zero-order valence-corrected chi connectivity index (χ0v) is 8.77. The zero-order valence-electron chi connectivity index (χ0n) is 8.77. The van der Waals surface area contributed by atoms with Gasteiger partial charge in [-0.3, -0.25) is 0 Å². The number of aromatic nitrogens is 3. The quantitative estimate of drug-likeness (QED) is 0.813. The monoisotopic (exact) mass is 243 g/mol. The molecular weight excluding hydrogens is 235 g/mol. The van der Waals surface area contributed by atoms with E-state index in [9.17, 15) is 13.2 Å². The van der Waals surface area contributed by atoms with E-state index in [1.807, 2.05) is 0 Å². The van der Waals surface area contributed by atoms with Gasteiger partial charge in [0.05, 0.1) is 18.1 Å². The Balaban J connectivity index is 2.30. The highest BCUT2D eigenvalue weighted by Crippen LogP contribution is 2.25. The molecule has 0 saturated heterocycles. The van der Waals surface area contributed by atoms with E-state index >= 15 is 0 Å². The van der Waals surface area contributed by atoms with E-state index in [0.29, 0.717) is 11.3 Å². The summed E-state index contributed by atoms with van der Waals surface area (Å²) in [7, 11) is 0. The molecule has 4 nitrogen and oxygen atoms in total. The van der Waals surface area contributed by atoms with Gasteiger partial charge in [0, 0.05) is 0 Å². The minimum absolute atomic E-state index is 0.258. The maximum Gasteiger partial charge on any atom is 0.573 e. The van der Waals surface area contributed by atoms with E-state index in [-0.39, 0.29) is 5.75 Å². The van der Waals surface area contributed by atoms with Gasteiger partial charge in [-0.2, -0.15) is 15.0 Å². The first-order valence-corrected chi connectivity index (χ1v) is 4.69. The maximum atomic E-state index is 12.0. The van der Waals surface area contributed by atoms with Gasteiger partial charge >= 0.3 is 6.36 Å². The summed E-state index contributed by atoms with van der Waals surface area (Å²) in [5.41, 5.74) is 1.19. The van der Waals surface area contributed by atoms with E-state index in [1.165, 1.54) is 35.4 Å². The lowest BCUT2D eigenvalue weighted by Crippen LogP contribution is -2.17. The third kappa shape index (κ3) is 2.74. The molecule has 0 saturated carbocycles. The number of alkyl halides is 3. The second kappa shape index (κ2) is 4.08. The van der Waals surface area contributed by atoms with Crippen molar-refractivity contribution in [3.8, 4) is 11.4 Å². The van der Waals surface area contributed by atoms with Gasteiger partial charge in [-0.05, 0) is 30.7 Å². The van der Waals surface area contributed by atoms with E-state index in [2.05, 4.69) is 14.9 Å². The molecule has 0 aliphatic heterocycles. The van der Waals surface area contributed by atoms with Crippen molar-refractivity contribution in [1.82, 2.24) is 15.0 Å². The van der Waals surface area contributed by atoms with Crippen molar-refractivity contribution in [2.45, 2.75) is 13.3 Å². The van der Waals surface area contributed by atoms with E-state index in [4.69, 9.17) is 0 Å². The fraction of sp³-hybridized carbons (Fsp3) is 0.200. The highest BCUT2D eigenvalue weighted by Gasteiger charge is 2.31. The van der Waals surface area contributed by atoms with Crippen molar-refractivity contribution >= 4 is 0 Å². The minimum atomic E-state index is -4.68. The van der Waals surface area contributed by atoms with Crippen LogP contribution in [0.1, 0.15) is 5.56 Å². The van der Waals surface area contributed by atoms with Crippen molar-refractivity contribution in [3.63, 3.8) is 0 Å². The normalized spacial score (nSPS) is 11.5. The van der Waals surface area contributed by atoms with Crippen LogP contribution in [0.25, 0.3) is 5.69 Å². The molecule has 1 heterocycles. The van der Waals surface area contributed by atoms with Crippen LogP contribution < -0.4 is 4.74 Å². The Labute approximate surface area is 94.6 Å².